The van der Waals surface area contributed by atoms with E-state index in [9.17, 15) is 14.0 Å². The van der Waals surface area contributed by atoms with Crippen molar-refractivity contribution in [2.45, 2.75) is 39.2 Å². The van der Waals surface area contributed by atoms with E-state index in [1.54, 1.807) is 35.5 Å². The van der Waals surface area contributed by atoms with Crippen LogP contribution in [0.2, 0.25) is 0 Å². The smallest absolute Gasteiger partial charge is 0.410 e. The molecule has 3 rings (SSSR count). The maximum atomic E-state index is 14.3. The molecule has 0 saturated carbocycles. The molecule has 0 radical (unpaired) electrons. The number of hydrogen-bond donors (Lipinski definition) is 1. The molecule has 1 aromatic heterocycles. The van der Waals surface area contributed by atoms with Crippen molar-refractivity contribution in [1.82, 2.24) is 14.7 Å². The van der Waals surface area contributed by atoms with Crippen molar-refractivity contribution in [3.63, 3.8) is 0 Å². The van der Waals surface area contributed by atoms with Gasteiger partial charge in [-0.1, -0.05) is 0 Å². The lowest BCUT2D eigenvalue weighted by atomic mass is 9.96. The van der Waals surface area contributed by atoms with Crippen LogP contribution < -0.4 is 5.32 Å². The molecule has 2 amide bonds. The Bertz CT molecular complexity index is 838. The molecule has 28 heavy (non-hydrogen) atoms. The molecule has 1 aliphatic rings. The fourth-order valence-electron chi connectivity index (χ4n) is 3.08. The maximum Gasteiger partial charge on any atom is 0.410 e. The van der Waals surface area contributed by atoms with Gasteiger partial charge in [0.15, 0.2) is 5.82 Å². The van der Waals surface area contributed by atoms with Gasteiger partial charge in [0.1, 0.15) is 11.3 Å². The summed E-state index contributed by atoms with van der Waals surface area (Å²) in [6.45, 7) is 6.38. The number of carbonyl (C=O) groups excluding carboxylic acids is 2. The fourth-order valence-corrected chi connectivity index (χ4v) is 3.08. The summed E-state index contributed by atoms with van der Waals surface area (Å²) in [5.74, 6) is -0.871. The first kappa shape index (κ1) is 19.9. The Hall–Kier alpha value is -2.90. The molecule has 2 heterocycles. The number of halogens is 1. The molecule has 8 heteroatoms. The number of nitrogens with zero attached hydrogens (tertiary/aromatic N) is 3. The largest absolute Gasteiger partial charge is 0.444 e. The van der Waals surface area contributed by atoms with E-state index in [0.29, 0.717) is 37.3 Å². The van der Waals surface area contributed by atoms with Crippen LogP contribution in [0.1, 0.15) is 33.6 Å². The highest BCUT2D eigenvalue weighted by Crippen LogP contribution is 2.23. The lowest BCUT2D eigenvalue weighted by Crippen LogP contribution is -2.43. The van der Waals surface area contributed by atoms with E-state index in [1.165, 1.54) is 10.7 Å². The van der Waals surface area contributed by atoms with Crippen LogP contribution in [-0.2, 0) is 9.53 Å². The van der Waals surface area contributed by atoms with Crippen LogP contribution in [0.3, 0.4) is 0 Å². The number of amides is 2. The number of piperidine rings is 1. The molecule has 1 aliphatic heterocycles. The molecule has 1 N–H and O–H groups in total. The highest BCUT2D eigenvalue weighted by atomic mass is 19.1. The molecule has 2 aromatic rings. The molecule has 7 nitrogen and oxygen atoms in total. The lowest BCUT2D eigenvalue weighted by molar-refractivity contribution is -0.121. The van der Waals surface area contributed by atoms with E-state index < -0.39 is 11.4 Å². The van der Waals surface area contributed by atoms with Crippen molar-refractivity contribution >= 4 is 17.7 Å². The van der Waals surface area contributed by atoms with Gasteiger partial charge in [-0.2, -0.15) is 5.10 Å². The summed E-state index contributed by atoms with van der Waals surface area (Å²) in [5, 5.41) is 6.77. The minimum Gasteiger partial charge on any atom is -0.444 e. The molecule has 1 fully saturated rings. The molecule has 0 atom stereocenters. The second kappa shape index (κ2) is 8.00. The first-order chi connectivity index (χ1) is 13.2. The van der Waals surface area contributed by atoms with Crippen LogP contribution in [-0.4, -0.2) is 45.4 Å². The number of carbonyl (C=O) groups is 2. The van der Waals surface area contributed by atoms with Gasteiger partial charge in [-0.25, -0.2) is 13.9 Å². The molecule has 0 aliphatic carbocycles. The van der Waals surface area contributed by atoms with Gasteiger partial charge in [-0.3, -0.25) is 4.79 Å². The van der Waals surface area contributed by atoms with Crippen molar-refractivity contribution in [2.75, 3.05) is 18.4 Å². The number of rotatable bonds is 3. The summed E-state index contributed by atoms with van der Waals surface area (Å²) in [4.78, 5) is 26.2. The van der Waals surface area contributed by atoms with Gasteiger partial charge in [0.2, 0.25) is 5.91 Å². The number of benzene rings is 1. The summed E-state index contributed by atoms with van der Waals surface area (Å²) in [5.41, 5.74) is 0.166. The van der Waals surface area contributed by atoms with E-state index in [4.69, 9.17) is 4.74 Å². The first-order valence-corrected chi connectivity index (χ1v) is 9.31. The van der Waals surface area contributed by atoms with Gasteiger partial charge >= 0.3 is 6.09 Å². The van der Waals surface area contributed by atoms with Crippen molar-refractivity contribution in [1.29, 1.82) is 0 Å². The first-order valence-electron chi connectivity index (χ1n) is 9.31. The standard InChI is InChI=1S/C20H25FN4O3/c1-20(2,3)28-19(27)24-11-7-14(8-12-24)18(26)23-15-5-6-17(16(21)13-15)25-10-4-9-22-25/h4-6,9-10,13-14H,7-8,11-12H2,1-3H3,(H,23,26). The average Bonchev–Trinajstić information content (AvgIpc) is 3.15. The average molecular weight is 388 g/mol. The zero-order valence-corrected chi connectivity index (χ0v) is 16.3. The Morgan fingerprint density at radius 3 is 2.54 bits per heavy atom. The van der Waals surface area contributed by atoms with Gasteiger partial charge in [0, 0.05) is 37.1 Å². The zero-order chi connectivity index (χ0) is 20.3. The van der Waals surface area contributed by atoms with Crippen LogP contribution >= 0.6 is 0 Å². The van der Waals surface area contributed by atoms with Crippen LogP contribution in [0, 0.1) is 11.7 Å². The molecule has 0 unspecified atom stereocenters. The monoisotopic (exact) mass is 388 g/mol. The minimum absolute atomic E-state index is 0.171. The Kier molecular flexibility index (Phi) is 5.67. The minimum atomic E-state index is -0.544. The lowest BCUT2D eigenvalue weighted by Gasteiger charge is -2.32. The number of anilines is 1. The number of ether oxygens (including phenoxy) is 1. The molecule has 0 bridgehead atoms. The van der Waals surface area contributed by atoms with Crippen molar-refractivity contribution in [3.8, 4) is 5.69 Å². The summed E-state index contributed by atoms with van der Waals surface area (Å²) in [6.07, 6.45) is 3.94. The maximum absolute atomic E-state index is 14.3. The Balaban J connectivity index is 1.55. The van der Waals surface area contributed by atoms with E-state index >= 15 is 0 Å². The normalized spacial score (nSPS) is 15.4. The molecule has 150 valence electrons. The van der Waals surface area contributed by atoms with Gasteiger partial charge in [-0.15, -0.1) is 0 Å². The highest BCUT2D eigenvalue weighted by molar-refractivity contribution is 5.92. The summed E-state index contributed by atoms with van der Waals surface area (Å²) < 4.78 is 21.1. The number of likely N-dealkylation sites (tertiary alicyclic amines) is 1. The number of hydrogen-bond acceptors (Lipinski definition) is 4. The van der Waals surface area contributed by atoms with E-state index in [0.717, 1.165) is 0 Å². The summed E-state index contributed by atoms with van der Waals surface area (Å²) in [6, 6.07) is 6.21. The quantitative estimate of drug-likeness (QED) is 0.872. The Morgan fingerprint density at radius 2 is 1.96 bits per heavy atom. The second-order valence-electron chi connectivity index (χ2n) is 7.85. The SMILES string of the molecule is CC(C)(C)OC(=O)N1CCC(C(=O)Nc2ccc(-n3cccn3)c(F)c2)CC1. The third kappa shape index (κ3) is 4.88. The molecule has 1 aromatic carbocycles. The fraction of sp³-hybridized carbons (Fsp3) is 0.450. The van der Waals surface area contributed by atoms with Gasteiger partial charge in [0.25, 0.3) is 0 Å². The van der Waals surface area contributed by atoms with Gasteiger partial charge in [0.05, 0.1) is 0 Å². The second-order valence-corrected chi connectivity index (χ2v) is 7.85. The van der Waals surface area contributed by atoms with Gasteiger partial charge < -0.3 is 15.0 Å². The third-order valence-electron chi connectivity index (χ3n) is 4.48. The van der Waals surface area contributed by atoms with Crippen molar-refractivity contribution in [2.24, 2.45) is 5.92 Å². The number of aromatic nitrogens is 2. The number of nitrogens with one attached hydrogen (secondary N) is 1. The zero-order valence-electron chi connectivity index (χ0n) is 16.3. The van der Waals surface area contributed by atoms with Crippen LogP contribution in [0.5, 0.6) is 0 Å². The molecule has 1 saturated heterocycles. The van der Waals surface area contributed by atoms with Crippen molar-refractivity contribution in [3.05, 3.63) is 42.5 Å². The van der Waals surface area contributed by atoms with Crippen LogP contribution in [0.15, 0.2) is 36.7 Å². The summed E-state index contributed by atoms with van der Waals surface area (Å²) in [7, 11) is 0. The third-order valence-corrected chi connectivity index (χ3v) is 4.48. The van der Waals surface area contributed by atoms with E-state index in [1.807, 2.05) is 20.8 Å². The Labute approximate surface area is 163 Å². The molecule has 0 spiro atoms. The highest BCUT2D eigenvalue weighted by Gasteiger charge is 2.30. The van der Waals surface area contributed by atoms with Crippen LogP contribution in [0.4, 0.5) is 14.9 Å². The summed E-state index contributed by atoms with van der Waals surface area (Å²) >= 11 is 0. The van der Waals surface area contributed by atoms with Crippen LogP contribution in [0.25, 0.3) is 5.69 Å². The van der Waals surface area contributed by atoms with Gasteiger partial charge in [-0.05, 0) is 57.9 Å². The predicted molar refractivity (Wildman–Crippen MR) is 103 cm³/mol. The Morgan fingerprint density at radius 1 is 1.25 bits per heavy atom. The molecular weight excluding hydrogens is 363 g/mol. The van der Waals surface area contributed by atoms with Crippen molar-refractivity contribution < 1.29 is 18.7 Å². The van der Waals surface area contributed by atoms with E-state index in [-0.39, 0.29) is 17.9 Å². The predicted octanol–water partition coefficient (Wildman–Crippen LogP) is 3.60. The topological polar surface area (TPSA) is 76.5 Å². The molecular formula is C20H25FN4O3. The van der Waals surface area contributed by atoms with E-state index in [2.05, 4.69) is 10.4 Å².